The Morgan fingerprint density at radius 3 is 2.21 bits per heavy atom. The molecule has 5 heteroatoms. The summed E-state index contributed by atoms with van der Waals surface area (Å²) in [6, 6.07) is 2.82. The second-order valence-electron chi connectivity index (χ2n) is 4.38. The van der Waals surface area contributed by atoms with Gasteiger partial charge >= 0.3 is 0 Å². The van der Waals surface area contributed by atoms with Crippen LogP contribution in [0, 0.1) is 5.82 Å². The molecule has 0 amide bonds. The number of aryl methyl sites for hydroxylation is 1. The van der Waals surface area contributed by atoms with Crippen LogP contribution in [0.5, 0.6) is 11.5 Å². The lowest BCUT2D eigenvalue weighted by molar-refractivity contribution is 0.0129. The first-order valence-electron chi connectivity index (χ1n) is 6.30. The van der Waals surface area contributed by atoms with Crippen molar-refractivity contribution in [2.45, 2.75) is 38.4 Å². The lowest BCUT2D eigenvalue weighted by Crippen LogP contribution is -2.25. The zero-order valence-electron chi connectivity index (χ0n) is 11.5. The highest BCUT2D eigenvalue weighted by molar-refractivity contribution is 5.43. The lowest BCUT2D eigenvalue weighted by atomic mass is 10.0. The molecule has 1 aromatic carbocycles. The Bertz CT molecular complexity index is 409. The number of ether oxygens (including phenoxy) is 2. The monoisotopic (exact) mass is 272 g/mol. The van der Waals surface area contributed by atoms with Crippen LogP contribution in [0.4, 0.5) is 4.39 Å². The zero-order chi connectivity index (χ0) is 14.4. The van der Waals surface area contributed by atoms with Crippen molar-refractivity contribution in [3.63, 3.8) is 0 Å². The van der Waals surface area contributed by atoms with Gasteiger partial charge in [-0.3, -0.25) is 0 Å². The van der Waals surface area contributed by atoms with Gasteiger partial charge in [-0.1, -0.05) is 6.92 Å². The summed E-state index contributed by atoms with van der Waals surface area (Å²) in [6.45, 7) is 1.78. The molecule has 0 aromatic heterocycles. The van der Waals surface area contributed by atoms with Gasteiger partial charge in [0.05, 0.1) is 26.4 Å². The number of aliphatic hydroxyl groups is 2. The van der Waals surface area contributed by atoms with Crippen LogP contribution in [0.3, 0.4) is 0 Å². The Balaban J connectivity index is 2.78. The number of aliphatic hydroxyl groups excluding tert-OH is 2. The fraction of sp³-hybridized carbons (Fsp3) is 0.571. The molecule has 0 aliphatic carbocycles. The van der Waals surface area contributed by atoms with E-state index in [4.69, 9.17) is 9.47 Å². The molecular formula is C14H21FO4. The van der Waals surface area contributed by atoms with Gasteiger partial charge in [0, 0.05) is 6.07 Å². The predicted octanol–water partition coefficient (Wildman–Crippen LogP) is 1.91. The second kappa shape index (κ2) is 7.31. The zero-order valence-corrected chi connectivity index (χ0v) is 11.5. The highest BCUT2D eigenvalue weighted by Crippen LogP contribution is 2.30. The van der Waals surface area contributed by atoms with Gasteiger partial charge in [-0.05, 0) is 30.9 Å². The molecule has 0 radical (unpaired) electrons. The molecule has 4 nitrogen and oxygen atoms in total. The lowest BCUT2D eigenvalue weighted by Gasteiger charge is -2.16. The van der Waals surface area contributed by atoms with Crippen LogP contribution in [0.2, 0.25) is 0 Å². The SMILES string of the molecule is CCC(O)C(O)CCc1cc(OC)c(OC)cc1F. The number of rotatable bonds is 7. The van der Waals surface area contributed by atoms with Crippen LogP contribution >= 0.6 is 0 Å². The summed E-state index contributed by atoms with van der Waals surface area (Å²) in [5.74, 6) is 0.373. The quantitative estimate of drug-likeness (QED) is 0.796. The molecule has 108 valence electrons. The average molecular weight is 272 g/mol. The average Bonchev–Trinajstić information content (AvgIpc) is 2.44. The fourth-order valence-corrected chi connectivity index (χ4v) is 1.86. The number of hydrogen-bond acceptors (Lipinski definition) is 4. The molecule has 0 bridgehead atoms. The minimum Gasteiger partial charge on any atom is -0.493 e. The van der Waals surface area contributed by atoms with E-state index in [-0.39, 0.29) is 0 Å². The first kappa shape index (κ1) is 15.7. The van der Waals surface area contributed by atoms with Crippen LogP contribution in [-0.4, -0.2) is 36.6 Å². The van der Waals surface area contributed by atoms with Gasteiger partial charge in [-0.15, -0.1) is 0 Å². The van der Waals surface area contributed by atoms with E-state index in [1.54, 1.807) is 13.0 Å². The molecule has 0 aliphatic heterocycles. The first-order valence-corrected chi connectivity index (χ1v) is 6.30. The summed E-state index contributed by atoms with van der Waals surface area (Å²) >= 11 is 0. The highest BCUT2D eigenvalue weighted by Gasteiger charge is 2.16. The summed E-state index contributed by atoms with van der Waals surface area (Å²) < 4.78 is 23.9. The summed E-state index contributed by atoms with van der Waals surface area (Å²) in [7, 11) is 2.92. The minimum absolute atomic E-state index is 0.293. The van der Waals surface area contributed by atoms with Gasteiger partial charge in [-0.2, -0.15) is 0 Å². The normalized spacial score (nSPS) is 14.0. The van der Waals surface area contributed by atoms with E-state index in [0.717, 1.165) is 0 Å². The molecule has 2 unspecified atom stereocenters. The van der Waals surface area contributed by atoms with Crippen LogP contribution in [0.1, 0.15) is 25.3 Å². The molecule has 19 heavy (non-hydrogen) atoms. The van der Waals surface area contributed by atoms with E-state index >= 15 is 0 Å². The molecule has 0 fully saturated rings. The topological polar surface area (TPSA) is 58.9 Å². The second-order valence-corrected chi connectivity index (χ2v) is 4.38. The molecule has 0 spiro atoms. The molecule has 2 atom stereocenters. The Labute approximate surface area is 112 Å². The molecule has 0 heterocycles. The predicted molar refractivity (Wildman–Crippen MR) is 70.1 cm³/mol. The third kappa shape index (κ3) is 4.08. The number of halogens is 1. The maximum atomic E-state index is 13.8. The van der Waals surface area contributed by atoms with Crippen molar-refractivity contribution < 1.29 is 24.1 Å². The largest absolute Gasteiger partial charge is 0.493 e. The van der Waals surface area contributed by atoms with Crippen LogP contribution in [0.25, 0.3) is 0 Å². The summed E-state index contributed by atoms with van der Waals surface area (Å²) in [5, 5.41) is 19.1. The van der Waals surface area contributed by atoms with Crippen molar-refractivity contribution >= 4 is 0 Å². The molecule has 0 aliphatic rings. The Hall–Kier alpha value is -1.33. The van der Waals surface area contributed by atoms with Crippen molar-refractivity contribution in [1.29, 1.82) is 0 Å². The minimum atomic E-state index is -0.850. The first-order chi connectivity index (χ1) is 9.03. The molecule has 2 N–H and O–H groups in total. The number of hydrogen-bond donors (Lipinski definition) is 2. The van der Waals surface area contributed by atoms with Gasteiger partial charge in [0.1, 0.15) is 5.82 Å². The van der Waals surface area contributed by atoms with Crippen molar-refractivity contribution in [1.82, 2.24) is 0 Å². The van der Waals surface area contributed by atoms with Gasteiger partial charge < -0.3 is 19.7 Å². The molecule has 1 rings (SSSR count). The van der Waals surface area contributed by atoms with E-state index in [9.17, 15) is 14.6 Å². The van der Waals surface area contributed by atoms with Crippen molar-refractivity contribution in [2.75, 3.05) is 14.2 Å². The standard InChI is InChI=1S/C14H21FO4/c1-4-11(16)12(17)6-5-9-7-13(18-2)14(19-3)8-10(9)15/h7-8,11-12,16-17H,4-6H2,1-3H3. The van der Waals surface area contributed by atoms with Gasteiger partial charge in [0.2, 0.25) is 0 Å². The third-order valence-corrected chi connectivity index (χ3v) is 3.12. The number of benzene rings is 1. The molecular weight excluding hydrogens is 251 g/mol. The fourth-order valence-electron chi connectivity index (χ4n) is 1.86. The van der Waals surface area contributed by atoms with Gasteiger partial charge in [0.15, 0.2) is 11.5 Å². The summed E-state index contributed by atoms with van der Waals surface area (Å²) in [5.41, 5.74) is 0.431. The van der Waals surface area contributed by atoms with Crippen LogP contribution in [-0.2, 0) is 6.42 Å². The van der Waals surface area contributed by atoms with Crippen molar-refractivity contribution in [3.8, 4) is 11.5 Å². The summed E-state index contributed by atoms with van der Waals surface area (Å²) in [4.78, 5) is 0. The third-order valence-electron chi connectivity index (χ3n) is 3.12. The van der Waals surface area contributed by atoms with Crippen molar-refractivity contribution in [2.24, 2.45) is 0 Å². The Morgan fingerprint density at radius 2 is 1.68 bits per heavy atom. The van der Waals surface area contributed by atoms with Gasteiger partial charge in [0.25, 0.3) is 0 Å². The van der Waals surface area contributed by atoms with E-state index in [1.807, 2.05) is 0 Å². The van der Waals surface area contributed by atoms with E-state index in [1.165, 1.54) is 20.3 Å². The van der Waals surface area contributed by atoms with Crippen molar-refractivity contribution in [3.05, 3.63) is 23.5 Å². The maximum Gasteiger partial charge on any atom is 0.163 e. The van der Waals surface area contributed by atoms with E-state index in [0.29, 0.717) is 36.3 Å². The maximum absolute atomic E-state index is 13.8. The van der Waals surface area contributed by atoms with Gasteiger partial charge in [-0.25, -0.2) is 4.39 Å². The smallest absolute Gasteiger partial charge is 0.163 e. The molecule has 1 aromatic rings. The van der Waals surface area contributed by atoms with Crippen LogP contribution < -0.4 is 9.47 Å². The molecule has 0 saturated carbocycles. The van der Waals surface area contributed by atoms with E-state index in [2.05, 4.69) is 0 Å². The number of methoxy groups -OCH3 is 2. The molecule has 0 saturated heterocycles. The van der Waals surface area contributed by atoms with Crippen LogP contribution in [0.15, 0.2) is 12.1 Å². The highest BCUT2D eigenvalue weighted by atomic mass is 19.1. The Morgan fingerprint density at radius 1 is 1.11 bits per heavy atom. The Kier molecular flexibility index (Phi) is 6.05. The van der Waals surface area contributed by atoms with E-state index < -0.39 is 18.0 Å². The summed E-state index contributed by atoms with van der Waals surface area (Å²) in [6.07, 6.45) is -0.540.